The van der Waals surface area contributed by atoms with Gasteiger partial charge in [-0.05, 0) is 186 Å². The van der Waals surface area contributed by atoms with Crippen molar-refractivity contribution in [1.82, 2.24) is 0 Å². The average Bonchev–Trinajstić information content (AvgIpc) is 0.801. The van der Waals surface area contributed by atoms with Gasteiger partial charge in [-0.25, -0.2) is 0 Å². The molecule has 8 nitrogen and oxygen atoms in total. The number of aryl methyl sites for hydroxylation is 2. The lowest BCUT2D eigenvalue weighted by Gasteiger charge is -2.25. The fourth-order valence-corrected chi connectivity index (χ4v) is 11.9. The van der Waals surface area contributed by atoms with Crippen LogP contribution in [0.1, 0.15) is 158 Å². The minimum atomic E-state index is -1.40. The molecular weight excluding hydrogens is 1500 g/mol. The molecule has 0 fully saturated rings. The van der Waals surface area contributed by atoms with Crippen LogP contribution in [0, 0.1) is 13.8 Å². The summed E-state index contributed by atoms with van der Waals surface area (Å²) in [6.45, 7) is 24.5. The summed E-state index contributed by atoms with van der Waals surface area (Å²) in [7, 11) is 0. The quantitative estimate of drug-likeness (QED) is 0.0345. The first kappa shape index (κ1) is 82.2. The molecular formula is C88H98Br4O8. The van der Waals surface area contributed by atoms with Crippen molar-refractivity contribution >= 4 is 75.3 Å². The molecule has 0 radical (unpaired) electrons. The second-order valence-electron chi connectivity index (χ2n) is 29.0. The van der Waals surface area contributed by atoms with Gasteiger partial charge < -0.3 is 30.6 Å². The molecule has 0 aliphatic rings. The van der Waals surface area contributed by atoms with E-state index in [0.29, 0.717) is 24.0 Å². The highest BCUT2D eigenvalue weighted by molar-refractivity contribution is 9.09. The summed E-state index contributed by atoms with van der Waals surface area (Å²) in [5.74, 6) is -0.666. The largest absolute Gasteiger partial charge is 0.390 e. The van der Waals surface area contributed by atoms with E-state index in [1.165, 1.54) is 72.2 Å². The van der Waals surface area contributed by atoms with Crippen LogP contribution >= 0.6 is 63.7 Å². The van der Waals surface area contributed by atoms with Gasteiger partial charge in [0, 0.05) is 34.6 Å². The molecule has 12 heteroatoms. The predicted molar refractivity (Wildman–Crippen MR) is 431 cm³/mol. The van der Waals surface area contributed by atoms with Crippen molar-refractivity contribution in [1.29, 1.82) is 0 Å². The van der Waals surface area contributed by atoms with Crippen LogP contribution in [0.4, 0.5) is 0 Å². The van der Waals surface area contributed by atoms with Gasteiger partial charge in [-0.1, -0.05) is 318 Å². The highest BCUT2D eigenvalue weighted by Crippen LogP contribution is 2.37. The molecule has 6 N–H and O–H groups in total. The number of alkyl halides is 4. The van der Waals surface area contributed by atoms with E-state index in [1.807, 2.05) is 52.0 Å². The second kappa shape index (κ2) is 36.4. The normalized spacial score (nSPS) is 12.4. The standard InChI is InChI=1S/C20H24Br2O2.C20H22O4.C20H26O2.C14H12Br2.C14H14/c2*1-19(2,23)17(21)15-9-5-13(6-10-15)14-7-11-16(12-8-14)18(22)20(3,4)24;1-19(2,21)13-15-5-9-17(10-6-15)18-11-7-16(8-12-18)14-20(3,4)22;15-9-11-1-5-13(6-2-11)14-7-3-12(10-16)4-8-14;1-11-3-7-13(8-4-11)14-9-5-12(2)6-10-14/h5-12,17-18,23-24H,1-4H3;5-12,23-24H,1-4H3;5-12,21-22H,13-14H2,1-4H3;1-8H,9-10H2;3-10H,1-2H3. The Kier molecular flexibility index (Phi) is 29.9. The third-order valence-corrected chi connectivity index (χ3v) is 20.8. The fourth-order valence-electron chi connectivity index (χ4n) is 10.5. The van der Waals surface area contributed by atoms with Crippen LogP contribution in [-0.4, -0.2) is 75.8 Å². The highest BCUT2D eigenvalue weighted by atomic mass is 79.9. The lowest BCUT2D eigenvalue weighted by molar-refractivity contribution is 0.0487. The molecule has 0 bridgehead atoms. The number of ketones is 2. The third kappa shape index (κ3) is 26.6. The number of benzene rings is 10. The maximum atomic E-state index is 12.0. The fraction of sp³-hybridized carbons (Fsp3) is 0.295. The monoisotopic (exact) mass is 1600 g/mol. The Hall–Kier alpha value is -6.78. The summed E-state index contributed by atoms with van der Waals surface area (Å²) >= 11 is 14.0. The van der Waals surface area contributed by atoms with Gasteiger partial charge in [0.15, 0.2) is 11.6 Å². The SMILES string of the molecule is BrCc1ccc(-c2ccc(CBr)cc2)cc1.CC(C)(O)C(=O)c1ccc(-c2ccc(C(=O)C(C)(C)O)cc2)cc1.CC(C)(O)C(Br)c1ccc(-c2ccc(C(Br)C(C)(C)O)cc2)cc1.CC(C)(O)Cc1ccc(-c2ccc(CC(C)(C)O)cc2)cc1.Cc1ccc(-c2ccc(C)cc2)cc1. The van der Waals surface area contributed by atoms with E-state index in [2.05, 4.69) is 247 Å². The zero-order chi connectivity index (χ0) is 74.0. The molecule has 0 saturated carbocycles. The molecule has 0 aliphatic carbocycles. The number of rotatable bonds is 19. The summed E-state index contributed by atoms with van der Waals surface area (Å²) in [4.78, 5) is 23.8. The lowest BCUT2D eigenvalue weighted by Crippen LogP contribution is -2.31. The van der Waals surface area contributed by atoms with Gasteiger partial charge in [0.2, 0.25) is 0 Å². The van der Waals surface area contributed by atoms with Gasteiger partial charge in [-0.2, -0.15) is 0 Å². The molecule has 10 aromatic carbocycles. The first-order chi connectivity index (χ1) is 46.7. The van der Waals surface area contributed by atoms with Crippen molar-refractivity contribution in [3.63, 3.8) is 0 Å². The number of carbonyl (C=O) groups excluding carboxylic acids is 2. The van der Waals surface area contributed by atoms with Gasteiger partial charge in [0.25, 0.3) is 0 Å². The van der Waals surface area contributed by atoms with Gasteiger partial charge in [-0.3, -0.25) is 9.59 Å². The van der Waals surface area contributed by atoms with Crippen LogP contribution in [-0.2, 0) is 23.5 Å². The number of halogens is 4. The Labute approximate surface area is 628 Å². The molecule has 2 unspecified atom stereocenters. The molecule has 0 aromatic heterocycles. The molecule has 2 atom stereocenters. The first-order valence-electron chi connectivity index (χ1n) is 33.5. The molecule has 0 saturated heterocycles. The van der Waals surface area contributed by atoms with E-state index < -0.39 is 33.6 Å². The minimum Gasteiger partial charge on any atom is -0.390 e. The summed E-state index contributed by atoms with van der Waals surface area (Å²) < 4.78 is 0. The van der Waals surface area contributed by atoms with Crippen LogP contribution in [0.15, 0.2) is 243 Å². The van der Waals surface area contributed by atoms with Gasteiger partial charge in [-0.15, -0.1) is 0 Å². The van der Waals surface area contributed by atoms with Gasteiger partial charge in [0.1, 0.15) is 11.2 Å². The minimum absolute atomic E-state index is 0.109. The van der Waals surface area contributed by atoms with Crippen molar-refractivity contribution in [2.24, 2.45) is 0 Å². The molecule has 10 aromatic rings. The zero-order valence-electron chi connectivity index (χ0n) is 60.1. The van der Waals surface area contributed by atoms with Crippen molar-refractivity contribution in [2.75, 3.05) is 0 Å². The van der Waals surface area contributed by atoms with Crippen LogP contribution in [0.25, 0.3) is 55.6 Å². The number of hydrogen-bond donors (Lipinski definition) is 6. The molecule has 0 heterocycles. The Balaban J connectivity index is 0.000000199. The summed E-state index contributed by atoms with van der Waals surface area (Å²) in [5.41, 5.74) is 16.1. The van der Waals surface area contributed by atoms with E-state index in [9.17, 15) is 40.2 Å². The van der Waals surface area contributed by atoms with E-state index in [4.69, 9.17) is 0 Å². The molecule has 0 amide bonds. The zero-order valence-corrected chi connectivity index (χ0v) is 66.4. The Morgan fingerprint density at radius 3 is 0.650 bits per heavy atom. The number of aliphatic hydroxyl groups is 6. The van der Waals surface area contributed by atoms with Crippen LogP contribution < -0.4 is 0 Å². The van der Waals surface area contributed by atoms with E-state index >= 15 is 0 Å². The molecule has 526 valence electrons. The van der Waals surface area contributed by atoms with Crippen molar-refractivity contribution < 1.29 is 40.2 Å². The smallest absolute Gasteiger partial charge is 0.193 e. The molecule has 100 heavy (non-hydrogen) atoms. The highest BCUT2D eigenvalue weighted by Gasteiger charge is 2.29. The molecule has 0 spiro atoms. The van der Waals surface area contributed by atoms with Gasteiger partial charge in [0.05, 0.1) is 32.1 Å². The Morgan fingerprint density at radius 1 is 0.290 bits per heavy atom. The summed E-state index contributed by atoms with van der Waals surface area (Å²) in [6, 6.07) is 81.4. The van der Waals surface area contributed by atoms with Crippen molar-refractivity contribution in [2.45, 2.75) is 164 Å². The number of carbonyl (C=O) groups is 2. The summed E-state index contributed by atoms with van der Waals surface area (Å²) in [5, 5.41) is 61.3. The second-order valence-corrected chi connectivity index (χ2v) is 31.9. The average molecular weight is 1600 g/mol. The topological polar surface area (TPSA) is 156 Å². The Morgan fingerprint density at radius 2 is 0.470 bits per heavy atom. The third-order valence-electron chi connectivity index (χ3n) is 16.2. The lowest BCUT2D eigenvalue weighted by atomic mass is 9.93. The maximum absolute atomic E-state index is 12.0. The summed E-state index contributed by atoms with van der Waals surface area (Å²) in [6.07, 6.45) is 1.30. The first-order valence-corrected chi connectivity index (χ1v) is 37.5. The molecule has 0 aliphatic heterocycles. The number of hydrogen-bond acceptors (Lipinski definition) is 8. The van der Waals surface area contributed by atoms with Crippen LogP contribution in [0.5, 0.6) is 0 Å². The van der Waals surface area contributed by atoms with Crippen molar-refractivity contribution in [3.8, 4) is 55.6 Å². The van der Waals surface area contributed by atoms with Gasteiger partial charge >= 0.3 is 0 Å². The van der Waals surface area contributed by atoms with Crippen LogP contribution in [0.2, 0.25) is 0 Å². The number of Topliss-reactive ketones (excluding diaryl/α,β-unsaturated/α-hetero) is 2. The van der Waals surface area contributed by atoms with E-state index in [0.717, 1.165) is 66.3 Å². The molecule has 10 rings (SSSR count). The predicted octanol–water partition coefficient (Wildman–Crippen LogP) is 22.1. The van der Waals surface area contributed by atoms with Crippen molar-refractivity contribution in [3.05, 3.63) is 298 Å². The Bertz CT molecular complexity index is 3860. The maximum Gasteiger partial charge on any atom is 0.193 e. The van der Waals surface area contributed by atoms with Crippen LogP contribution in [0.3, 0.4) is 0 Å². The van der Waals surface area contributed by atoms with E-state index in [-0.39, 0.29) is 21.2 Å². The van der Waals surface area contributed by atoms with E-state index in [1.54, 1.807) is 76.2 Å².